The Hall–Kier alpha value is -0.0800. The van der Waals surface area contributed by atoms with E-state index < -0.39 is 0 Å². The first-order valence-electron chi connectivity index (χ1n) is 6.52. The van der Waals surface area contributed by atoms with Gasteiger partial charge in [0.2, 0.25) is 0 Å². The van der Waals surface area contributed by atoms with Gasteiger partial charge in [-0.1, -0.05) is 40.5 Å². The molecule has 0 aromatic rings. The van der Waals surface area contributed by atoms with Gasteiger partial charge in [-0.25, -0.2) is 0 Å². The first-order valence-corrected chi connectivity index (χ1v) is 6.52. The van der Waals surface area contributed by atoms with Crippen LogP contribution in [0.1, 0.15) is 47.5 Å². The fourth-order valence-electron chi connectivity index (χ4n) is 1.82. The van der Waals surface area contributed by atoms with E-state index in [4.69, 9.17) is 5.73 Å². The number of nitrogens with zero attached hydrogens (tertiary/aromatic N) is 1. The fourth-order valence-corrected chi connectivity index (χ4v) is 1.82. The maximum atomic E-state index is 5.91. The van der Waals surface area contributed by atoms with Crippen LogP contribution in [0.3, 0.4) is 0 Å². The topological polar surface area (TPSA) is 29.3 Å². The third kappa shape index (κ3) is 6.16. The lowest BCUT2D eigenvalue weighted by atomic mass is 10.0. The van der Waals surface area contributed by atoms with Crippen LogP contribution in [0.4, 0.5) is 0 Å². The third-order valence-corrected chi connectivity index (χ3v) is 3.56. The van der Waals surface area contributed by atoms with E-state index in [1.807, 2.05) is 0 Å². The molecule has 0 amide bonds. The van der Waals surface area contributed by atoms with Gasteiger partial charge in [0.05, 0.1) is 0 Å². The van der Waals surface area contributed by atoms with Crippen molar-refractivity contribution in [2.24, 2.45) is 17.6 Å². The van der Waals surface area contributed by atoms with E-state index >= 15 is 0 Å². The van der Waals surface area contributed by atoms with E-state index in [2.05, 4.69) is 39.5 Å². The van der Waals surface area contributed by atoms with E-state index in [0.717, 1.165) is 19.0 Å². The van der Waals surface area contributed by atoms with Crippen LogP contribution in [0, 0.1) is 11.8 Å². The molecular weight excluding hydrogens is 184 g/mol. The number of hydrogen-bond acceptors (Lipinski definition) is 2. The predicted octanol–water partition coefficient (Wildman–Crippen LogP) is 2.73. The Labute approximate surface area is 96.2 Å². The van der Waals surface area contributed by atoms with Crippen LogP contribution < -0.4 is 5.73 Å². The molecule has 0 aromatic carbocycles. The molecule has 2 atom stereocenters. The van der Waals surface area contributed by atoms with Gasteiger partial charge in [-0.15, -0.1) is 0 Å². The second kappa shape index (κ2) is 8.12. The lowest BCUT2D eigenvalue weighted by Gasteiger charge is -2.29. The Morgan fingerprint density at radius 1 is 1.00 bits per heavy atom. The van der Waals surface area contributed by atoms with Crippen LogP contribution in [-0.4, -0.2) is 30.6 Å². The van der Waals surface area contributed by atoms with Crippen LogP contribution in [-0.2, 0) is 0 Å². The van der Waals surface area contributed by atoms with Crippen molar-refractivity contribution in [1.29, 1.82) is 0 Å². The molecule has 2 unspecified atom stereocenters. The molecule has 0 aliphatic heterocycles. The largest absolute Gasteiger partial charge is 0.328 e. The molecule has 0 spiro atoms. The minimum Gasteiger partial charge on any atom is -0.328 e. The molecule has 0 saturated heterocycles. The Balaban J connectivity index is 4.01. The van der Waals surface area contributed by atoms with E-state index in [1.165, 1.54) is 19.4 Å². The van der Waals surface area contributed by atoms with Crippen molar-refractivity contribution < 1.29 is 0 Å². The smallest absolute Gasteiger partial charge is 0.00483 e. The summed E-state index contributed by atoms with van der Waals surface area (Å²) in [4.78, 5) is 2.55. The van der Waals surface area contributed by atoms with Crippen LogP contribution in [0.15, 0.2) is 0 Å². The summed E-state index contributed by atoms with van der Waals surface area (Å²) in [7, 11) is 0. The minimum atomic E-state index is 0.306. The molecule has 2 N–H and O–H groups in total. The summed E-state index contributed by atoms with van der Waals surface area (Å²) in [5.74, 6) is 1.45. The van der Waals surface area contributed by atoms with Crippen molar-refractivity contribution in [2.45, 2.75) is 53.5 Å². The quantitative estimate of drug-likeness (QED) is 0.673. The number of nitrogens with two attached hydrogens (primary N) is 1. The van der Waals surface area contributed by atoms with Crippen LogP contribution in [0.2, 0.25) is 0 Å². The molecule has 0 rings (SSSR count). The maximum absolute atomic E-state index is 5.91. The van der Waals surface area contributed by atoms with Gasteiger partial charge in [0.15, 0.2) is 0 Å². The molecule has 15 heavy (non-hydrogen) atoms. The zero-order valence-corrected chi connectivity index (χ0v) is 11.3. The fraction of sp³-hybridized carbons (Fsp3) is 1.00. The zero-order valence-electron chi connectivity index (χ0n) is 11.3. The van der Waals surface area contributed by atoms with Crippen molar-refractivity contribution in [3.8, 4) is 0 Å². The summed E-state index contributed by atoms with van der Waals surface area (Å²) in [5.41, 5.74) is 5.91. The maximum Gasteiger partial charge on any atom is 0.00483 e. The first-order chi connectivity index (χ1) is 7.04. The van der Waals surface area contributed by atoms with Crippen LogP contribution in [0.5, 0.6) is 0 Å². The van der Waals surface area contributed by atoms with Gasteiger partial charge < -0.3 is 10.6 Å². The van der Waals surface area contributed by atoms with Crippen LogP contribution >= 0.6 is 0 Å². The summed E-state index contributed by atoms with van der Waals surface area (Å²) >= 11 is 0. The SMILES string of the molecule is CCC(CC)CN(CC)CC(C)C(C)N. The van der Waals surface area contributed by atoms with Crippen molar-refractivity contribution in [2.75, 3.05) is 19.6 Å². The lowest BCUT2D eigenvalue weighted by molar-refractivity contribution is 0.197. The van der Waals surface area contributed by atoms with E-state index in [-0.39, 0.29) is 0 Å². The van der Waals surface area contributed by atoms with Crippen molar-refractivity contribution >= 4 is 0 Å². The molecule has 0 bridgehead atoms. The molecule has 0 heterocycles. The summed E-state index contributed by atoms with van der Waals surface area (Å²) in [5, 5.41) is 0. The molecule has 0 aromatic heterocycles. The van der Waals surface area contributed by atoms with E-state index in [1.54, 1.807) is 0 Å². The Kier molecular flexibility index (Phi) is 8.07. The molecule has 2 heteroatoms. The summed E-state index contributed by atoms with van der Waals surface area (Å²) < 4.78 is 0. The van der Waals surface area contributed by atoms with Gasteiger partial charge in [0.25, 0.3) is 0 Å². The van der Waals surface area contributed by atoms with E-state index in [9.17, 15) is 0 Å². The highest BCUT2D eigenvalue weighted by molar-refractivity contribution is 4.70. The summed E-state index contributed by atoms with van der Waals surface area (Å²) in [6.45, 7) is 14.7. The molecule has 0 aliphatic carbocycles. The second-order valence-electron chi connectivity index (χ2n) is 4.87. The van der Waals surface area contributed by atoms with Crippen LogP contribution in [0.25, 0.3) is 0 Å². The number of hydrogen-bond donors (Lipinski definition) is 1. The summed E-state index contributed by atoms with van der Waals surface area (Å²) in [6.07, 6.45) is 2.58. The highest BCUT2D eigenvalue weighted by Crippen LogP contribution is 2.12. The van der Waals surface area contributed by atoms with Gasteiger partial charge in [0.1, 0.15) is 0 Å². The Bertz CT molecular complexity index is 137. The van der Waals surface area contributed by atoms with Gasteiger partial charge in [0, 0.05) is 19.1 Å². The standard InChI is InChI=1S/C13H30N2/c1-6-13(7-2)10-15(8-3)9-11(4)12(5)14/h11-13H,6-10,14H2,1-5H3. The predicted molar refractivity (Wildman–Crippen MR) is 69.0 cm³/mol. The highest BCUT2D eigenvalue weighted by atomic mass is 15.1. The molecule has 2 nitrogen and oxygen atoms in total. The Morgan fingerprint density at radius 2 is 1.53 bits per heavy atom. The molecular formula is C13H30N2. The average Bonchev–Trinajstić information content (AvgIpc) is 2.23. The van der Waals surface area contributed by atoms with E-state index in [0.29, 0.717) is 12.0 Å². The van der Waals surface area contributed by atoms with Gasteiger partial charge in [-0.2, -0.15) is 0 Å². The third-order valence-electron chi connectivity index (χ3n) is 3.56. The second-order valence-corrected chi connectivity index (χ2v) is 4.87. The lowest BCUT2D eigenvalue weighted by Crippen LogP contribution is -2.38. The average molecular weight is 214 g/mol. The first kappa shape index (κ1) is 14.9. The molecule has 92 valence electrons. The van der Waals surface area contributed by atoms with Gasteiger partial charge in [-0.05, 0) is 25.3 Å². The van der Waals surface area contributed by atoms with Crippen molar-refractivity contribution in [1.82, 2.24) is 4.90 Å². The van der Waals surface area contributed by atoms with Crippen molar-refractivity contribution in [3.63, 3.8) is 0 Å². The zero-order chi connectivity index (χ0) is 11.8. The van der Waals surface area contributed by atoms with Gasteiger partial charge in [-0.3, -0.25) is 0 Å². The molecule has 0 aliphatic rings. The Morgan fingerprint density at radius 3 is 1.87 bits per heavy atom. The monoisotopic (exact) mass is 214 g/mol. The molecule has 0 fully saturated rings. The highest BCUT2D eigenvalue weighted by Gasteiger charge is 2.14. The molecule has 0 radical (unpaired) electrons. The van der Waals surface area contributed by atoms with Crippen molar-refractivity contribution in [3.05, 3.63) is 0 Å². The molecule has 0 saturated carbocycles. The van der Waals surface area contributed by atoms with Gasteiger partial charge >= 0.3 is 0 Å². The number of rotatable bonds is 8. The minimum absolute atomic E-state index is 0.306. The normalized spacial score (nSPS) is 16.0. The summed E-state index contributed by atoms with van der Waals surface area (Å²) in [6, 6.07) is 0.306.